The van der Waals surface area contributed by atoms with E-state index in [-0.39, 0.29) is 17.1 Å². The van der Waals surface area contributed by atoms with E-state index in [2.05, 4.69) is 25.1 Å². The topological polar surface area (TPSA) is 122 Å². The predicted octanol–water partition coefficient (Wildman–Crippen LogP) is 2.61. The number of hydrogen-bond acceptors (Lipinski definition) is 9. The second-order valence-electron chi connectivity index (χ2n) is 8.08. The van der Waals surface area contributed by atoms with Crippen molar-refractivity contribution in [2.45, 2.75) is 42.4 Å². The molecule has 10 nitrogen and oxygen atoms in total. The Kier molecular flexibility index (Phi) is 6.76. The van der Waals surface area contributed by atoms with Crippen molar-refractivity contribution in [2.75, 3.05) is 20.8 Å². The van der Waals surface area contributed by atoms with E-state index in [1.165, 1.54) is 19.5 Å². The van der Waals surface area contributed by atoms with Crippen molar-refractivity contribution >= 4 is 21.4 Å². The average Bonchev–Trinajstić information content (AvgIpc) is 3.46. The van der Waals surface area contributed by atoms with Crippen LogP contribution in [0.3, 0.4) is 0 Å². The van der Waals surface area contributed by atoms with Gasteiger partial charge in [-0.25, -0.2) is 18.4 Å². The van der Waals surface area contributed by atoms with Crippen molar-refractivity contribution in [3.05, 3.63) is 53.5 Å². The van der Waals surface area contributed by atoms with E-state index >= 15 is 0 Å². The second kappa shape index (κ2) is 9.41. The van der Waals surface area contributed by atoms with Gasteiger partial charge in [-0.2, -0.15) is 0 Å². The minimum atomic E-state index is -3.74. The standard InChI is InChI=1S/C21H25ClN6O4S/c1-14(18(32-3)19-24-10-15(22)11-25-19)33(29,30)12-17-26-27-20(16-6-4-5-9-23-16)28(17)21(7-8-21)13-31-2/h4-6,9-11,14,18H,7-8,12-13H2,1-3H3/t14-,18-/m0/s1. The Morgan fingerprint density at radius 2 is 1.88 bits per heavy atom. The first-order valence-electron chi connectivity index (χ1n) is 10.4. The lowest BCUT2D eigenvalue weighted by atomic mass is 10.2. The third kappa shape index (κ3) is 4.77. The molecule has 3 aromatic heterocycles. The minimum Gasteiger partial charge on any atom is -0.382 e. The maximum absolute atomic E-state index is 13.5. The van der Waals surface area contributed by atoms with Crippen LogP contribution < -0.4 is 0 Å². The maximum atomic E-state index is 13.5. The van der Waals surface area contributed by atoms with E-state index in [0.29, 0.717) is 29.0 Å². The Labute approximate surface area is 197 Å². The highest BCUT2D eigenvalue weighted by atomic mass is 35.5. The molecular formula is C21H25ClN6O4S. The molecule has 1 aliphatic rings. The number of sulfone groups is 1. The maximum Gasteiger partial charge on any atom is 0.183 e. The van der Waals surface area contributed by atoms with Crippen molar-refractivity contribution in [3.63, 3.8) is 0 Å². The first-order valence-corrected chi connectivity index (χ1v) is 12.5. The Morgan fingerprint density at radius 3 is 2.45 bits per heavy atom. The van der Waals surface area contributed by atoms with Crippen LogP contribution in [0.25, 0.3) is 11.5 Å². The molecule has 12 heteroatoms. The van der Waals surface area contributed by atoms with Crippen LogP contribution in [0.5, 0.6) is 0 Å². The van der Waals surface area contributed by atoms with Gasteiger partial charge in [0.1, 0.15) is 23.4 Å². The van der Waals surface area contributed by atoms with Crippen LogP contribution in [0.1, 0.15) is 37.5 Å². The van der Waals surface area contributed by atoms with Crippen molar-refractivity contribution in [1.82, 2.24) is 29.7 Å². The van der Waals surface area contributed by atoms with Crippen molar-refractivity contribution in [1.29, 1.82) is 0 Å². The quantitative estimate of drug-likeness (QED) is 0.420. The molecule has 4 rings (SSSR count). The molecule has 0 aliphatic heterocycles. The van der Waals surface area contributed by atoms with Gasteiger partial charge >= 0.3 is 0 Å². The van der Waals surface area contributed by atoms with Crippen LogP contribution >= 0.6 is 11.6 Å². The first kappa shape index (κ1) is 23.7. The average molecular weight is 493 g/mol. The Bertz CT molecular complexity index is 1200. The van der Waals surface area contributed by atoms with Crippen LogP contribution in [0.4, 0.5) is 0 Å². The Hall–Kier alpha value is -2.47. The zero-order valence-corrected chi connectivity index (χ0v) is 20.1. The fourth-order valence-electron chi connectivity index (χ4n) is 3.89. The predicted molar refractivity (Wildman–Crippen MR) is 121 cm³/mol. The van der Waals surface area contributed by atoms with Gasteiger partial charge in [-0.3, -0.25) is 4.98 Å². The number of nitrogens with zero attached hydrogens (tertiary/aromatic N) is 6. The summed E-state index contributed by atoms with van der Waals surface area (Å²) >= 11 is 5.86. The molecule has 3 aromatic rings. The zero-order valence-electron chi connectivity index (χ0n) is 18.5. The van der Waals surface area contributed by atoms with Gasteiger partial charge in [0, 0.05) is 32.8 Å². The monoisotopic (exact) mass is 492 g/mol. The molecule has 0 radical (unpaired) electrons. The van der Waals surface area contributed by atoms with Gasteiger partial charge in [-0.15, -0.1) is 10.2 Å². The highest BCUT2D eigenvalue weighted by Gasteiger charge is 2.48. The molecule has 2 atom stereocenters. The van der Waals surface area contributed by atoms with E-state index in [1.54, 1.807) is 20.2 Å². The van der Waals surface area contributed by atoms with Gasteiger partial charge in [0.2, 0.25) is 0 Å². The summed E-state index contributed by atoms with van der Waals surface area (Å²) in [5.41, 5.74) is 0.229. The van der Waals surface area contributed by atoms with Crippen molar-refractivity contribution in [2.24, 2.45) is 0 Å². The summed E-state index contributed by atoms with van der Waals surface area (Å²) in [6.45, 7) is 2.00. The van der Waals surface area contributed by atoms with Crippen LogP contribution in [-0.2, 0) is 30.6 Å². The van der Waals surface area contributed by atoms with Gasteiger partial charge in [-0.1, -0.05) is 17.7 Å². The summed E-state index contributed by atoms with van der Waals surface area (Å²) in [4.78, 5) is 12.7. The number of pyridine rings is 1. The highest BCUT2D eigenvalue weighted by Crippen LogP contribution is 2.46. The summed E-state index contributed by atoms with van der Waals surface area (Å²) in [5.74, 6) is 0.773. The number of methoxy groups -OCH3 is 2. The normalized spacial score (nSPS) is 17.0. The number of halogens is 1. The summed E-state index contributed by atoms with van der Waals surface area (Å²) in [7, 11) is -0.696. The summed E-state index contributed by atoms with van der Waals surface area (Å²) in [6.07, 6.45) is 5.28. The summed E-state index contributed by atoms with van der Waals surface area (Å²) < 4.78 is 39.7. The fraction of sp³-hybridized carbons (Fsp3) is 0.476. The molecule has 33 heavy (non-hydrogen) atoms. The lowest BCUT2D eigenvalue weighted by Crippen LogP contribution is -2.32. The van der Waals surface area contributed by atoms with Crippen LogP contribution in [-0.4, -0.2) is 64.2 Å². The van der Waals surface area contributed by atoms with Crippen LogP contribution in [0.2, 0.25) is 5.02 Å². The van der Waals surface area contributed by atoms with Gasteiger partial charge in [0.15, 0.2) is 21.5 Å². The highest BCUT2D eigenvalue weighted by molar-refractivity contribution is 7.91. The molecular weight excluding hydrogens is 468 g/mol. The first-order chi connectivity index (χ1) is 15.8. The van der Waals surface area contributed by atoms with Gasteiger partial charge in [0.25, 0.3) is 0 Å². The fourth-order valence-corrected chi connectivity index (χ4v) is 5.41. The second-order valence-corrected chi connectivity index (χ2v) is 10.9. The number of aromatic nitrogens is 6. The van der Waals surface area contributed by atoms with E-state index in [4.69, 9.17) is 21.1 Å². The Morgan fingerprint density at radius 1 is 1.15 bits per heavy atom. The third-order valence-electron chi connectivity index (χ3n) is 5.81. The molecule has 0 aromatic carbocycles. The lowest BCUT2D eigenvalue weighted by molar-refractivity contribution is 0.0948. The van der Waals surface area contributed by atoms with Gasteiger partial charge < -0.3 is 14.0 Å². The molecule has 1 saturated carbocycles. The number of hydrogen-bond donors (Lipinski definition) is 0. The molecule has 0 spiro atoms. The van der Waals surface area contributed by atoms with E-state index in [0.717, 1.165) is 12.8 Å². The van der Waals surface area contributed by atoms with Crippen LogP contribution in [0.15, 0.2) is 36.8 Å². The summed E-state index contributed by atoms with van der Waals surface area (Å²) in [6, 6.07) is 5.48. The zero-order chi connectivity index (χ0) is 23.6. The molecule has 0 bridgehead atoms. The van der Waals surface area contributed by atoms with E-state index in [9.17, 15) is 8.42 Å². The molecule has 0 amide bonds. The number of rotatable bonds is 10. The molecule has 0 unspecified atom stereocenters. The molecule has 176 valence electrons. The molecule has 3 heterocycles. The van der Waals surface area contributed by atoms with Crippen molar-refractivity contribution < 1.29 is 17.9 Å². The van der Waals surface area contributed by atoms with E-state index in [1.807, 2.05) is 22.8 Å². The molecule has 0 saturated heterocycles. The minimum absolute atomic E-state index is 0.242. The van der Waals surface area contributed by atoms with E-state index < -0.39 is 21.2 Å². The molecule has 1 aliphatic carbocycles. The van der Waals surface area contributed by atoms with Gasteiger partial charge in [-0.05, 0) is 31.9 Å². The SMILES string of the molecule is COCC1(n2c(CS(=O)(=O)[C@@H](C)[C@H](OC)c3ncc(Cl)cn3)nnc2-c2ccccn2)CC1. The number of ether oxygens (including phenoxy) is 2. The Balaban J connectivity index is 1.69. The largest absolute Gasteiger partial charge is 0.382 e. The van der Waals surface area contributed by atoms with Crippen LogP contribution in [0, 0.1) is 0 Å². The summed E-state index contributed by atoms with van der Waals surface area (Å²) in [5, 5.41) is 7.99. The third-order valence-corrected chi connectivity index (χ3v) is 8.05. The molecule has 0 N–H and O–H groups in total. The smallest absolute Gasteiger partial charge is 0.183 e. The van der Waals surface area contributed by atoms with Crippen molar-refractivity contribution in [3.8, 4) is 11.5 Å². The molecule has 1 fully saturated rings. The lowest BCUT2D eigenvalue weighted by Gasteiger charge is -2.23. The van der Waals surface area contributed by atoms with Gasteiger partial charge in [0.05, 0.1) is 22.4 Å².